The molecule has 1 N–H and O–H groups in total. The van der Waals surface area contributed by atoms with Gasteiger partial charge in [0.05, 0.1) is 5.60 Å². The third kappa shape index (κ3) is 2.18. The maximum Gasteiger partial charge on any atom is 0.0732 e. The van der Waals surface area contributed by atoms with Crippen molar-refractivity contribution in [2.75, 3.05) is 6.26 Å². The second kappa shape index (κ2) is 2.51. The molecule has 0 atom stereocenters. The van der Waals surface area contributed by atoms with Gasteiger partial charge in [0.25, 0.3) is 0 Å². The Bertz CT molecular complexity index is 91.6. The van der Waals surface area contributed by atoms with Crippen molar-refractivity contribution in [3.63, 3.8) is 0 Å². The van der Waals surface area contributed by atoms with Gasteiger partial charge < -0.3 is 5.11 Å². The highest BCUT2D eigenvalue weighted by Gasteiger charge is 2.33. The Hall–Kier alpha value is 0.310. The summed E-state index contributed by atoms with van der Waals surface area (Å²) < 4.78 is -0.0486. The third-order valence-electron chi connectivity index (χ3n) is 1.98. The Morgan fingerprint density at radius 2 is 1.44 bits per heavy atom. The SMILES string of the molecule is CSC(C)(C)C(C)(C)O. The molecule has 0 rings (SSSR count). The lowest BCUT2D eigenvalue weighted by atomic mass is 9.94. The van der Waals surface area contributed by atoms with E-state index in [0.29, 0.717) is 0 Å². The predicted molar refractivity (Wildman–Crippen MR) is 43.9 cm³/mol. The largest absolute Gasteiger partial charge is 0.389 e. The van der Waals surface area contributed by atoms with Gasteiger partial charge in [0.1, 0.15) is 0 Å². The van der Waals surface area contributed by atoms with E-state index in [1.54, 1.807) is 11.8 Å². The Morgan fingerprint density at radius 1 is 1.11 bits per heavy atom. The summed E-state index contributed by atoms with van der Waals surface area (Å²) in [6.07, 6.45) is 2.01. The fourth-order valence-corrected chi connectivity index (χ4v) is 0.749. The molecule has 0 aliphatic rings. The highest BCUT2D eigenvalue weighted by Crippen LogP contribution is 2.32. The summed E-state index contributed by atoms with van der Waals surface area (Å²) in [6, 6.07) is 0. The van der Waals surface area contributed by atoms with E-state index in [4.69, 9.17) is 0 Å². The molecular formula is C7H16OS. The van der Waals surface area contributed by atoms with E-state index >= 15 is 0 Å². The van der Waals surface area contributed by atoms with Crippen LogP contribution in [0.4, 0.5) is 0 Å². The molecule has 0 amide bonds. The summed E-state index contributed by atoms with van der Waals surface area (Å²) in [5.74, 6) is 0. The quantitative estimate of drug-likeness (QED) is 0.645. The third-order valence-corrected chi connectivity index (χ3v) is 3.50. The normalized spacial score (nSPS) is 14.0. The van der Waals surface area contributed by atoms with Crippen LogP contribution in [0, 0.1) is 0 Å². The smallest absolute Gasteiger partial charge is 0.0732 e. The van der Waals surface area contributed by atoms with Gasteiger partial charge in [0.2, 0.25) is 0 Å². The van der Waals surface area contributed by atoms with E-state index in [0.717, 1.165) is 0 Å². The Kier molecular flexibility index (Phi) is 2.59. The molecule has 0 heterocycles. The maximum atomic E-state index is 9.52. The molecule has 0 bridgehead atoms. The van der Waals surface area contributed by atoms with E-state index in [1.807, 2.05) is 34.0 Å². The van der Waals surface area contributed by atoms with Crippen molar-refractivity contribution < 1.29 is 5.11 Å². The zero-order valence-corrected chi connectivity index (χ0v) is 7.67. The number of thioether (sulfide) groups is 1. The van der Waals surface area contributed by atoms with Crippen LogP contribution >= 0.6 is 11.8 Å². The molecule has 9 heavy (non-hydrogen) atoms. The van der Waals surface area contributed by atoms with Crippen molar-refractivity contribution in [2.45, 2.75) is 38.0 Å². The minimum absolute atomic E-state index is 0.0486. The second-order valence-corrected chi connectivity index (χ2v) is 4.70. The summed E-state index contributed by atoms with van der Waals surface area (Å²) in [5, 5.41) is 9.52. The summed E-state index contributed by atoms with van der Waals surface area (Å²) in [4.78, 5) is 0. The average molecular weight is 148 g/mol. The van der Waals surface area contributed by atoms with Crippen molar-refractivity contribution in [1.82, 2.24) is 0 Å². The minimum atomic E-state index is -0.591. The van der Waals surface area contributed by atoms with Crippen LogP contribution < -0.4 is 0 Å². The summed E-state index contributed by atoms with van der Waals surface area (Å²) >= 11 is 1.68. The van der Waals surface area contributed by atoms with E-state index in [1.165, 1.54) is 0 Å². The van der Waals surface area contributed by atoms with E-state index in [-0.39, 0.29) is 4.75 Å². The first-order valence-electron chi connectivity index (χ1n) is 3.09. The first-order chi connectivity index (χ1) is 3.81. The van der Waals surface area contributed by atoms with E-state index in [2.05, 4.69) is 0 Å². The van der Waals surface area contributed by atoms with Gasteiger partial charge in [-0.3, -0.25) is 0 Å². The van der Waals surface area contributed by atoms with Gasteiger partial charge in [-0.15, -0.1) is 0 Å². The Labute approximate surface area is 61.8 Å². The van der Waals surface area contributed by atoms with Gasteiger partial charge in [0.15, 0.2) is 0 Å². The molecule has 0 fully saturated rings. The molecule has 0 radical (unpaired) electrons. The van der Waals surface area contributed by atoms with Gasteiger partial charge in [0, 0.05) is 4.75 Å². The lowest BCUT2D eigenvalue weighted by Gasteiger charge is -2.35. The molecule has 0 saturated carbocycles. The van der Waals surface area contributed by atoms with Gasteiger partial charge >= 0.3 is 0 Å². The Morgan fingerprint density at radius 3 is 1.44 bits per heavy atom. The molecule has 0 aromatic rings. The van der Waals surface area contributed by atoms with Crippen molar-refractivity contribution >= 4 is 11.8 Å². The first kappa shape index (κ1) is 9.31. The Balaban J connectivity index is 4.14. The van der Waals surface area contributed by atoms with Crippen LogP contribution in [0.15, 0.2) is 0 Å². The summed E-state index contributed by atoms with van der Waals surface area (Å²) in [5.41, 5.74) is -0.591. The highest BCUT2D eigenvalue weighted by atomic mass is 32.2. The highest BCUT2D eigenvalue weighted by molar-refractivity contribution is 8.00. The van der Waals surface area contributed by atoms with Crippen LogP contribution in [-0.4, -0.2) is 21.7 Å². The predicted octanol–water partition coefficient (Wildman–Crippen LogP) is 1.90. The second-order valence-electron chi connectivity index (χ2n) is 3.27. The van der Waals surface area contributed by atoms with Crippen LogP contribution in [0.1, 0.15) is 27.7 Å². The lowest BCUT2D eigenvalue weighted by Crippen LogP contribution is -2.41. The molecule has 0 saturated heterocycles. The molecule has 0 aromatic carbocycles. The first-order valence-corrected chi connectivity index (χ1v) is 4.31. The van der Waals surface area contributed by atoms with Crippen molar-refractivity contribution in [3.05, 3.63) is 0 Å². The average Bonchev–Trinajstić information content (AvgIpc) is 1.64. The van der Waals surface area contributed by atoms with E-state index < -0.39 is 5.60 Å². The van der Waals surface area contributed by atoms with Crippen LogP contribution in [0.3, 0.4) is 0 Å². The fraction of sp³-hybridized carbons (Fsp3) is 1.00. The molecule has 0 aromatic heterocycles. The summed E-state index contributed by atoms with van der Waals surface area (Å²) in [7, 11) is 0. The van der Waals surface area contributed by atoms with Crippen LogP contribution in [0.2, 0.25) is 0 Å². The fourth-order valence-electron chi connectivity index (χ4n) is 0.250. The van der Waals surface area contributed by atoms with E-state index in [9.17, 15) is 5.11 Å². The lowest BCUT2D eigenvalue weighted by molar-refractivity contribution is 0.0494. The summed E-state index contributed by atoms with van der Waals surface area (Å²) in [6.45, 7) is 7.75. The van der Waals surface area contributed by atoms with Gasteiger partial charge in [-0.05, 0) is 34.0 Å². The molecule has 2 heteroatoms. The van der Waals surface area contributed by atoms with Gasteiger partial charge in [-0.1, -0.05) is 0 Å². The number of hydrogen-bond donors (Lipinski definition) is 1. The van der Waals surface area contributed by atoms with Gasteiger partial charge in [-0.25, -0.2) is 0 Å². The molecule has 0 spiro atoms. The molecule has 1 nitrogen and oxygen atoms in total. The van der Waals surface area contributed by atoms with Crippen molar-refractivity contribution in [1.29, 1.82) is 0 Å². The van der Waals surface area contributed by atoms with Crippen molar-refractivity contribution in [2.24, 2.45) is 0 Å². The monoisotopic (exact) mass is 148 g/mol. The maximum absolute atomic E-state index is 9.52. The van der Waals surface area contributed by atoms with Gasteiger partial charge in [-0.2, -0.15) is 11.8 Å². The molecule has 0 aliphatic heterocycles. The molecular weight excluding hydrogens is 132 g/mol. The van der Waals surface area contributed by atoms with Crippen LogP contribution in [0.25, 0.3) is 0 Å². The number of aliphatic hydroxyl groups is 1. The standard InChI is InChI=1S/C7H16OS/c1-6(2,8)7(3,4)9-5/h8H,1-5H3. The molecule has 0 aliphatic carbocycles. The van der Waals surface area contributed by atoms with Crippen LogP contribution in [0.5, 0.6) is 0 Å². The van der Waals surface area contributed by atoms with Crippen LogP contribution in [-0.2, 0) is 0 Å². The van der Waals surface area contributed by atoms with Crippen molar-refractivity contribution in [3.8, 4) is 0 Å². The zero-order valence-electron chi connectivity index (χ0n) is 6.86. The number of rotatable bonds is 2. The zero-order chi connectivity index (χ0) is 7.71. The number of hydrogen-bond acceptors (Lipinski definition) is 2. The molecule has 0 unspecified atom stereocenters. The topological polar surface area (TPSA) is 20.2 Å². The molecule has 56 valence electrons. The minimum Gasteiger partial charge on any atom is -0.389 e.